The van der Waals surface area contributed by atoms with E-state index in [0.717, 1.165) is 11.4 Å². The predicted molar refractivity (Wildman–Crippen MR) is 81.1 cm³/mol. The van der Waals surface area contributed by atoms with Crippen molar-refractivity contribution in [2.75, 3.05) is 4.90 Å². The number of hydrogen-bond donors (Lipinski definition) is 0. The summed E-state index contributed by atoms with van der Waals surface area (Å²) in [5.41, 5.74) is 1.23. The number of aromatic nitrogens is 1. The molecule has 108 valence electrons. The molecule has 0 fully saturated rings. The van der Waals surface area contributed by atoms with E-state index in [0.29, 0.717) is 11.4 Å². The molecule has 2 aromatic rings. The maximum Gasteiger partial charge on any atom is 0.299 e. The zero-order valence-electron chi connectivity index (χ0n) is 11.0. The van der Waals surface area contributed by atoms with Gasteiger partial charge in [-0.15, -0.1) is 11.3 Å². The highest BCUT2D eigenvalue weighted by Gasteiger charge is 2.37. The molecule has 21 heavy (non-hydrogen) atoms. The lowest BCUT2D eigenvalue weighted by Gasteiger charge is -2.15. The van der Waals surface area contributed by atoms with Gasteiger partial charge in [-0.05, 0) is 34.5 Å². The van der Waals surface area contributed by atoms with Gasteiger partial charge >= 0.3 is 0 Å². The largest absolute Gasteiger partial charge is 0.299 e. The quantitative estimate of drug-likeness (QED) is 0.780. The fraction of sp³-hybridized carbons (Fsp3) is 0.214. The number of aryl methyl sites for hydroxylation is 1. The Morgan fingerprint density at radius 3 is 2.81 bits per heavy atom. The topological polar surface area (TPSA) is 50.3 Å². The molecule has 0 atom stereocenters. The van der Waals surface area contributed by atoms with Crippen LogP contribution in [-0.4, -0.2) is 16.7 Å². The first-order valence-electron chi connectivity index (χ1n) is 6.29. The SMILES string of the molecule is CCc1nc(CN2C(=O)C(=O)c3cc(Br)c(F)cc32)cs1. The van der Waals surface area contributed by atoms with Crippen LogP contribution >= 0.6 is 27.3 Å². The molecule has 1 aliphatic heterocycles. The van der Waals surface area contributed by atoms with Gasteiger partial charge in [0.1, 0.15) is 5.82 Å². The van der Waals surface area contributed by atoms with E-state index < -0.39 is 17.5 Å². The Hall–Kier alpha value is -1.60. The van der Waals surface area contributed by atoms with E-state index in [4.69, 9.17) is 0 Å². The number of rotatable bonds is 3. The molecule has 0 unspecified atom stereocenters. The summed E-state index contributed by atoms with van der Waals surface area (Å²) in [5.74, 6) is -1.76. The Bertz CT molecular complexity index is 759. The fourth-order valence-corrected chi connectivity index (χ4v) is 3.27. The van der Waals surface area contributed by atoms with Crippen LogP contribution in [0.3, 0.4) is 0 Å². The Morgan fingerprint density at radius 1 is 1.38 bits per heavy atom. The summed E-state index contributed by atoms with van der Waals surface area (Å²) in [6, 6.07) is 2.55. The predicted octanol–water partition coefficient (Wildman–Crippen LogP) is 3.34. The zero-order chi connectivity index (χ0) is 15.1. The number of Topliss-reactive ketones (excluding diaryl/α,β-unsaturated/α-hetero) is 1. The molecule has 1 aliphatic rings. The van der Waals surface area contributed by atoms with E-state index >= 15 is 0 Å². The average Bonchev–Trinajstić information content (AvgIpc) is 3.01. The maximum absolute atomic E-state index is 13.7. The van der Waals surface area contributed by atoms with Crippen LogP contribution < -0.4 is 4.90 Å². The van der Waals surface area contributed by atoms with Crippen LogP contribution in [0.5, 0.6) is 0 Å². The number of carbonyl (C=O) groups is 2. The third-order valence-corrected chi connectivity index (χ3v) is 4.88. The number of nitrogens with zero attached hydrogens (tertiary/aromatic N) is 2. The average molecular weight is 369 g/mol. The fourth-order valence-electron chi connectivity index (χ4n) is 2.19. The lowest BCUT2D eigenvalue weighted by molar-refractivity contribution is -0.114. The number of anilines is 1. The normalized spacial score (nSPS) is 14.0. The van der Waals surface area contributed by atoms with Gasteiger partial charge in [0.15, 0.2) is 0 Å². The molecular weight excluding hydrogens is 359 g/mol. The van der Waals surface area contributed by atoms with Crippen LogP contribution in [0, 0.1) is 5.82 Å². The highest BCUT2D eigenvalue weighted by molar-refractivity contribution is 9.10. The lowest BCUT2D eigenvalue weighted by Crippen LogP contribution is -2.29. The first-order valence-corrected chi connectivity index (χ1v) is 7.97. The first-order chi connectivity index (χ1) is 10.0. The Labute approximate surface area is 132 Å². The number of hydrogen-bond acceptors (Lipinski definition) is 4. The van der Waals surface area contributed by atoms with Gasteiger partial charge in [0.25, 0.3) is 11.7 Å². The van der Waals surface area contributed by atoms with Gasteiger partial charge in [-0.2, -0.15) is 0 Å². The summed E-state index contributed by atoms with van der Waals surface area (Å²) >= 11 is 4.53. The van der Waals surface area contributed by atoms with Gasteiger partial charge in [-0.25, -0.2) is 9.37 Å². The van der Waals surface area contributed by atoms with Gasteiger partial charge in [0, 0.05) is 5.38 Å². The van der Waals surface area contributed by atoms with E-state index in [-0.39, 0.29) is 16.6 Å². The number of fused-ring (bicyclic) bond motifs is 1. The van der Waals surface area contributed by atoms with Crippen LogP contribution in [0.25, 0.3) is 0 Å². The van der Waals surface area contributed by atoms with Crippen LogP contribution in [0.2, 0.25) is 0 Å². The van der Waals surface area contributed by atoms with Crippen LogP contribution in [0.4, 0.5) is 10.1 Å². The molecule has 0 saturated heterocycles. The Morgan fingerprint density at radius 2 is 2.14 bits per heavy atom. The van der Waals surface area contributed by atoms with Crippen LogP contribution in [0.15, 0.2) is 22.0 Å². The minimum absolute atomic E-state index is 0.172. The summed E-state index contributed by atoms with van der Waals surface area (Å²) in [7, 11) is 0. The van der Waals surface area contributed by atoms with Crippen molar-refractivity contribution in [2.24, 2.45) is 0 Å². The van der Waals surface area contributed by atoms with E-state index in [9.17, 15) is 14.0 Å². The van der Waals surface area contributed by atoms with Crippen molar-refractivity contribution in [3.8, 4) is 0 Å². The summed E-state index contributed by atoms with van der Waals surface area (Å²) < 4.78 is 13.9. The van der Waals surface area contributed by atoms with Gasteiger partial charge in [0.2, 0.25) is 0 Å². The maximum atomic E-state index is 13.7. The molecule has 0 aliphatic carbocycles. The molecule has 0 radical (unpaired) electrons. The third-order valence-electron chi connectivity index (χ3n) is 3.24. The van der Waals surface area contributed by atoms with E-state index in [1.807, 2.05) is 12.3 Å². The van der Waals surface area contributed by atoms with Crippen molar-refractivity contribution < 1.29 is 14.0 Å². The summed E-state index contributed by atoms with van der Waals surface area (Å²) in [6.07, 6.45) is 0.815. The smallest absolute Gasteiger partial charge is 0.299 e. The number of carbonyl (C=O) groups excluding carboxylic acids is 2. The van der Waals surface area contributed by atoms with Crippen molar-refractivity contribution in [3.63, 3.8) is 0 Å². The van der Waals surface area contributed by atoms with Crippen molar-refractivity contribution in [3.05, 3.63) is 44.1 Å². The van der Waals surface area contributed by atoms with Gasteiger partial charge < -0.3 is 0 Å². The standard InChI is InChI=1S/C14H10BrFN2O2S/c1-2-12-17-7(6-21-12)5-18-11-4-10(16)9(15)3-8(11)13(19)14(18)20/h3-4,6H,2,5H2,1H3. The van der Waals surface area contributed by atoms with Crippen molar-refractivity contribution >= 4 is 44.6 Å². The van der Waals surface area contributed by atoms with E-state index in [1.165, 1.54) is 28.4 Å². The number of ketones is 1. The van der Waals surface area contributed by atoms with Gasteiger partial charge in [-0.1, -0.05) is 6.92 Å². The van der Waals surface area contributed by atoms with E-state index in [2.05, 4.69) is 20.9 Å². The molecule has 0 spiro atoms. The molecule has 7 heteroatoms. The second-order valence-corrected chi connectivity index (χ2v) is 6.39. The summed E-state index contributed by atoms with van der Waals surface area (Å²) in [5, 5.41) is 2.81. The highest BCUT2D eigenvalue weighted by atomic mass is 79.9. The molecule has 4 nitrogen and oxygen atoms in total. The molecule has 1 amide bonds. The minimum Gasteiger partial charge on any atom is -0.299 e. The molecule has 1 aromatic carbocycles. The molecule has 3 rings (SSSR count). The zero-order valence-corrected chi connectivity index (χ0v) is 13.4. The van der Waals surface area contributed by atoms with Crippen LogP contribution in [0.1, 0.15) is 28.0 Å². The van der Waals surface area contributed by atoms with Crippen molar-refractivity contribution in [1.29, 1.82) is 0 Å². The minimum atomic E-state index is -0.645. The second-order valence-electron chi connectivity index (χ2n) is 4.59. The monoisotopic (exact) mass is 368 g/mol. The third kappa shape index (κ3) is 2.40. The molecule has 0 saturated carbocycles. The highest BCUT2D eigenvalue weighted by Crippen LogP contribution is 2.34. The molecule has 0 N–H and O–H groups in total. The van der Waals surface area contributed by atoms with Crippen molar-refractivity contribution in [2.45, 2.75) is 19.9 Å². The summed E-state index contributed by atoms with van der Waals surface area (Å²) in [4.78, 5) is 29.7. The molecule has 2 heterocycles. The Balaban J connectivity index is 1.99. The number of benzene rings is 1. The van der Waals surface area contributed by atoms with E-state index in [1.54, 1.807) is 0 Å². The Kier molecular flexibility index (Phi) is 3.62. The van der Waals surface area contributed by atoms with Gasteiger partial charge in [0.05, 0.1) is 33.0 Å². The molecule has 1 aromatic heterocycles. The van der Waals surface area contributed by atoms with Crippen LogP contribution in [-0.2, 0) is 17.8 Å². The summed E-state index contributed by atoms with van der Waals surface area (Å²) in [6.45, 7) is 2.17. The number of halogens is 2. The second kappa shape index (κ2) is 5.31. The number of thiazole rings is 1. The first kappa shape index (κ1) is 14.3. The molecular formula is C14H10BrFN2O2S. The lowest BCUT2D eigenvalue weighted by atomic mass is 10.1. The van der Waals surface area contributed by atoms with Gasteiger partial charge in [-0.3, -0.25) is 14.5 Å². The number of amides is 1. The van der Waals surface area contributed by atoms with Crippen molar-refractivity contribution in [1.82, 2.24) is 4.98 Å². The molecule has 0 bridgehead atoms.